The molecule has 0 spiro atoms. The number of carbonyl (C=O) groups is 1. The summed E-state index contributed by atoms with van der Waals surface area (Å²) >= 11 is 1.28. The number of nitrogens with one attached hydrogen (secondary N) is 1. The molecule has 1 amide bonds. The van der Waals surface area contributed by atoms with Crippen molar-refractivity contribution >= 4 is 33.5 Å². The van der Waals surface area contributed by atoms with Gasteiger partial charge in [-0.1, -0.05) is 38.1 Å². The number of benzene rings is 1. The molecule has 0 bridgehead atoms. The molecule has 0 radical (unpaired) electrons. The van der Waals surface area contributed by atoms with Crippen LogP contribution in [0.2, 0.25) is 0 Å². The molecule has 0 saturated heterocycles. The van der Waals surface area contributed by atoms with Gasteiger partial charge in [-0.2, -0.15) is 0 Å². The highest BCUT2D eigenvalue weighted by atomic mass is 32.1. The summed E-state index contributed by atoms with van der Waals surface area (Å²) in [6.45, 7) is 3.86. The molecule has 4 rings (SSSR count). The molecule has 3 heterocycles. The Hall–Kier alpha value is -3.53. The maximum atomic E-state index is 12.7. The topological polar surface area (TPSA) is 104 Å². The Morgan fingerprint density at radius 1 is 1.16 bits per heavy atom. The molecule has 3 aromatic heterocycles. The van der Waals surface area contributed by atoms with Crippen molar-refractivity contribution < 1.29 is 4.79 Å². The van der Waals surface area contributed by atoms with Crippen LogP contribution >= 0.6 is 11.3 Å². The normalized spacial score (nSPS) is 11.4. The van der Waals surface area contributed by atoms with Gasteiger partial charge >= 0.3 is 5.69 Å². The molecule has 9 nitrogen and oxygen atoms in total. The Morgan fingerprint density at radius 3 is 2.55 bits per heavy atom. The van der Waals surface area contributed by atoms with Crippen LogP contribution in [-0.4, -0.2) is 29.6 Å². The minimum atomic E-state index is -0.601. The average molecular weight is 439 g/mol. The maximum Gasteiger partial charge on any atom is 0.332 e. The van der Waals surface area contributed by atoms with Gasteiger partial charge in [-0.25, -0.2) is 19.3 Å². The van der Waals surface area contributed by atoms with Gasteiger partial charge in [0.05, 0.1) is 12.0 Å². The molecule has 31 heavy (non-hydrogen) atoms. The fraction of sp³-hybridized carbons (Fsp3) is 0.286. The van der Waals surface area contributed by atoms with E-state index in [0.717, 1.165) is 15.8 Å². The summed E-state index contributed by atoms with van der Waals surface area (Å²) in [5.41, 5.74) is 2.33. The highest BCUT2D eigenvalue weighted by molar-refractivity contribution is 7.14. The van der Waals surface area contributed by atoms with Crippen molar-refractivity contribution in [3.63, 3.8) is 0 Å². The highest BCUT2D eigenvalue weighted by Crippen LogP contribution is 2.26. The van der Waals surface area contributed by atoms with E-state index in [9.17, 15) is 14.4 Å². The second-order valence-electron chi connectivity index (χ2n) is 7.62. The van der Waals surface area contributed by atoms with Crippen molar-refractivity contribution in [2.75, 3.05) is 5.32 Å². The van der Waals surface area contributed by atoms with Gasteiger partial charge in [0.25, 0.3) is 5.56 Å². The average Bonchev–Trinajstić information content (AvgIpc) is 3.36. The molecule has 0 aliphatic carbocycles. The van der Waals surface area contributed by atoms with E-state index in [-0.39, 0.29) is 11.2 Å². The van der Waals surface area contributed by atoms with Crippen molar-refractivity contribution in [1.82, 2.24) is 23.7 Å². The van der Waals surface area contributed by atoms with Gasteiger partial charge in [-0.15, -0.1) is 11.3 Å². The van der Waals surface area contributed by atoms with Gasteiger partial charge in [0.2, 0.25) is 5.91 Å². The zero-order valence-corrected chi connectivity index (χ0v) is 18.4. The smallest absolute Gasteiger partial charge is 0.328 e. The van der Waals surface area contributed by atoms with Gasteiger partial charge in [-0.05, 0) is 11.5 Å². The van der Waals surface area contributed by atoms with E-state index >= 15 is 0 Å². The first-order chi connectivity index (χ1) is 14.8. The van der Waals surface area contributed by atoms with E-state index < -0.39 is 23.7 Å². The first-order valence-corrected chi connectivity index (χ1v) is 10.6. The van der Waals surface area contributed by atoms with Crippen LogP contribution in [0, 0.1) is 0 Å². The van der Waals surface area contributed by atoms with Crippen molar-refractivity contribution in [2.45, 2.75) is 26.3 Å². The predicted octanol–water partition coefficient (Wildman–Crippen LogP) is 2.32. The summed E-state index contributed by atoms with van der Waals surface area (Å²) in [5.74, 6) is -0.0576. The van der Waals surface area contributed by atoms with E-state index in [1.54, 1.807) is 7.05 Å². The minimum Gasteiger partial charge on any atom is -0.328 e. The quantitative estimate of drug-likeness (QED) is 0.515. The van der Waals surface area contributed by atoms with Crippen molar-refractivity contribution in [3.05, 3.63) is 62.4 Å². The van der Waals surface area contributed by atoms with Crippen LogP contribution < -0.4 is 16.6 Å². The number of aryl methyl sites for hydroxylation is 2. The maximum absolute atomic E-state index is 12.7. The first-order valence-electron chi connectivity index (χ1n) is 9.73. The second-order valence-corrected chi connectivity index (χ2v) is 8.48. The summed E-state index contributed by atoms with van der Waals surface area (Å²) in [7, 11) is 3.18. The number of amides is 1. The van der Waals surface area contributed by atoms with Gasteiger partial charge in [0, 0.05) is 25.0 Å². The third-order valence-corrected chi connectivity index (χ3v) is 5.88. The van der Waals surface area contributed by atoms with Gasteiger partial charge in [-0.3, -0.25) is 14.2 Å². The lowest BCUT2D eigenvalue weighted by Gasteiger charge is -2.08. The fourth-order valence-corrected chi connectivity index (χ4v) is 4.08. The van der Waals surface area contributed by atoms with E-state index in [2.05, 4.69) is 41.3 Å². The first kappa shape index (κ1) is 20.7. The summed E-state index contributed by atoms with van der Waals surface area (Å²) in [5, 5.41) is 4.94. The lowest BCUT2D eigenvalue weighted by atomic mass is 10.0. The van der Waals surface area contributed by atoms with Gasteiger partial charge in [0.15, 0.2) is 16.3 Å². The van der Waals surface area contributed by atoms with Crippen LogP contribution in [0.5, 0.6) is 0 Å². The number of aromatic nitrogens is 5. The monoisotopic (exact) mass is 438 g/mol. The number of fused-ring (bicyclic) bond motifs is 1. The van der Waals surface area contributed by atoms with Crippen LogP contribution in [0.3, 0.4) is 0 Å². The highest BCUT2D eigenvalue weighted by Gasteiger charge is 2.17. The number of hydrogen-bond acceptors (Lipinski definition) is 6. The number of hydrogen-bond donors (Lipinski definition) is 1. The molecule has 0 unspecified atom stereocenters. The molecule has 0 saturated carbocycles. The number of imidazole rings is 1. The molecule has 10 heteroatoms. The number of anilines is 1. The Kier molecular flexibility index (Phi) is 5.32. The molecule has 0 fully saturated rings. The molecule has 0 atom stereocenters. The molecule has 0 aliphatic rings. The molecule has 1 N–H and O–H groups in total. The Morgan fingerprint density at radius 2 is 1.87 bits per heavy atom. The Bertz CT molecular complexity index is 1390. The molecule has 1 aromatic carbocycles. The molecular formula is C21H22N6O3S. The summed E-state index contributed by atoms with van der Waals surface area (Å²) in [6, 6.07) is 8.13. The number of carbonyl (C=O) groups excluding carboxylic acids is 1. The lowest BCUT2D eigenvalue weighted by Crippen LogP contribution is -2.42. The number of thiazole rings is 1. The molecule has 160 valence electrons. The zero-order chi connectivity index (χ0) is 22.3. The lowest BCUT2D eigenvalue weighted by molar-refractivity contribution is -0.116. The Labute approximate surface area is 181 Å². The van der Waals surface area contributed by atoms with E-state index in [0.29, 0.717) is 11.0 Å². The van der Waals surface area contributed by atoms with E-state index in [1.165, 1.54) is 39.4 Å². The van der Waals surface area contributed by atoms with Crippen LogP contribution in [0.15, 0.2) is 45.6 Å². The Balaban J connectivity index is 1.55. The minimum absolute atomic E-state index is 0.260. The van der Waals surface area contributed by atoms with E-state index in [1.807, 2.05) is 17.5 Å². The van der Waals surface area contributed by atoms with Gasteiger partial charge < -0.3 is 9.88 Å². The molecule has 0 aliphatic heterocycles. The van der Waals surface area contributed by atoms with Crippen LogP contribution in [-0.2, 0) is 25.4 Å². The third kappa shape index (κ3) is 3.81. The number of nitrogens with zero attached hydrogens (tertiary/aromatic N) is 5. The summed E-state index contributed by atoms with van der Waals surface area (Å²) in [4.78, 5) is 46.4. The van der Waals surface area contributed by atoms with Crippen molar-refractivity contribution in [3.8, 4) is 11.3 Å². The third-order valence-electron chi connectivity index (χ3n) is 5.13. The largest absolute Gasteiger partial charge is 0.332 e. The molecule has 4 aromatic rings. The van der Waals surface area contributed by atoms with Crippen molar-refractivity contribution in [1.29, 1.82) is 0 Å². The second kappa shape index (κ2) is 7.95. The standard InChI is InChI=1S/C21H22N6O3S/c1-12(2)13-5-7-14(8-6-13)15-10-31-20(23-15)24-16(28)9-27-19(29)17-18(22-11-25(17)3)26(4)21(27)30/h5-8,10-12H,9H2,1-4H3,(H,23,24,28). The van der Waals surface area contributed by atoms with Crippen LogP contribution in [0.25, 0.3) is 22.4 Å². The summed E-state index contributed by atoms with van der Waals surface area (Å²) < 4.78 is 3.69. The van der Waals surface area contributed by atoms with Crippen LogP contribution in [0.1, 0.15) is 25.3 Å². The van der Waals surface area contributed by atoms with Crippen LogP contribution in [0.4, 0.5) is 5.13 Å². The van der Waals surface area contributed by atoms with Gasteiger partial charge in [0.1, 0.15) is 6.54 Å². The summed E-state index contributed by atoms with van der Waals surface area (Å²) in [6.07, 6.45) is 1.46. The number of rotatable bonds is 5. The molecular weight excluding hydrogens is 416 g/mol. The zero-order valence-electron chi connectivity index (χ0n) is 17.6. The predicted molar refractivity (Wildman–Crippen MR) is 120 cm³/mol. The fourth-order valence-electron chi connectivity index (χ4n) is 3.34. The SMILES string of the molecule is CC(C)c1ccc(-c2csc(NC(=O)Cn3c(=O)c4c(ncn4C)n(C)c3=O)n2)cc1. The van der Waals surface area contributed by atoms with Crippen molar-refractivity contribution in [2.24, 2.45) is 14.1 Å². The van der Waals surface area contributed by atoms with E-state index in [4.69, 9.17) is 0 Å².